The summed E-state index contributed by atoms with van der Waals surface area (Å²) in [6.45, 7) is 4.52. The van der Waals surface area contributed by atoms with Gasteiger partial charge < -0.3 is 0 Å². The second kappa shape index (κ2) is 14.0. The molecule has 91 valence electrons. The van der Waals surface area contributed by atoms with E-state index in [-0.39, 0.29) is 0 Å². The van der Waals surface area contributed by atoms with Gasteiger partial charge in [-0.25, -0.2) is 0 Å². The Balaban J connectivity index is 2.81. The minimum Gasteiger partial charge on any atom is -0.0654 e. The maximum absolute atomic E-state index is 2.41. The van der Waals surface area contributed by atoms with E-state index in [4.69, 9.17) is 0 Å². The summed E-state index contributed by atoms with van der Waals surface area (Å²) in [7, 11) is 0. The third-order valence-corrected chi connectivity index (χ3v) is 3.05. The van der Waals surface area contributed by atoms with Gasteiger partial charge in [0, 0.05) is 0 Å². The van der Waals surface area contributed by atoms with E-state index >= 15 is 0 Å². The van der Waals surface area contributed by atoms with Gasteiger partial charge in [-0.2, -0.15) is 0 Å². The maximum Gasteiger partial charge on any atom is -0.0389 e. The van der Waals surface area contributed by atoms with Gasteiger partial charge in [0.1, 0.15) is 0 Å². The van der Waals surface area contributed by atoms with Gasteiger partial charge in [-0.1, -0.05) is 90.9 Å². The molecule has 0 amide bonds. The first kappa shape index (κ1) is 15.0. The third-order valence-electron chi connectivity index (χ3n) is 3.05. The average molecular weight is 211 g/mol. The Kier molecular flexibility index (Phi) is 14.0. The van der Waals surface area contributed by atoms with E-state index < -0.39 is 0 Å². The van der Waals surface area contributed by atoms with Crippen LogP contribution in [0.5, 0.6) is 0 Å². The first-order valence-electron chi connectivity index (χ1n) is 7.23. The highest BCUT2D eigenvalue weighted by atomic mass is 14.0. The van der Waals surface area contributed by atoms with E-state index in [0.29, 0.717) is 0 Å². The number of rotatable bonds is 12. The fraction of sp³-hybridized carbons (Fsp3) is 0.933. The van der Waals surface area contributed by atoms with Crippen LogP contribution in [0.4, 0.5) is 0 Å². The van der Waals surface area contributed by atoms with Gasteiger partial charge >= 0.3 is 0 Å². The van der Waals surface area contributed by atoms with Gasteiger partial charge in [0.25, 0.3) is 0 Å². The minimum atomic E-state index is 1.25. The Morgan fingerprint density at radius 2 is 1.07 bits per heavy atom. The molecule has 0 atom stereocenters. The van der Waals surface area contributed by atoms with Crippen molar-refractivity contribution < 1.29 is 0 Å². The van der Waals surface area contributed by atoms with Crippen LogP contribution in [0, 0.1) is 6.42 Å². The molecule has 0 unspecified atom stereocenters. The lowest BCUT2D eigenvalue weighted by Crippen LogP contribution is -1.82. The van der Waals surface area contributed by atoms with Crippen molar-refractivity contribution in [1.82, 2.24) is 0 Å². The lowest BCUT2D eigenvalue weighted by atomic mass is 10.1. The topological polar surface area (TPSA) is 0 Å². The maximum atomic E-state index is 2.41. The molecule has 0 fully saturated rings. The highest BCUT2D eigenvalue weighted by Gasteiger charge is 1.92. The Bertz CT molecular complexity index is 84.2. The summed E-state index contributed by atoms with van der Waals surface area (Å²) >= 11 is 0. The SMILES string of the molecule is CC[CH]CCCCCCCCCCCC. The molecule has 0 nitrogen and oxygen atoms in total. The molecule has 0 aliphatic heterocycles. The first-order chi connectivity index (χ1) is 7.41. The number of hydrogen-bond donors (Lipinski definition) is 0. The second-order valence-corrected chi connectivity index (χ2v) is 4.67. The quantitative estimate of drug-likeness (QED) is 0.352. The highest BCUT2D eigenvalue weighted by molar-refractivity contribution is 4.60. The van der Waals surface area contributed by atoms with Crippen molar-refractivity contribution in [1.29, 1.82) is 0 Å². The summed E-state index contributed by atoms with van der Waals surface area (Å²) in [5.41, 5.74) is 0. The van der Waals surface area contributed by atoms with E-state index in [1.165, 1.54) is 77.0 Å². The summed E-state index contributed by atoms with van der Waals surface area (Å²) < 4.78 is 0. The van der Waals surface area contributed by atoms with Crippen molar-refractivity contribution in [3.8, 4) is 0 Å². The van der Waals surface area contributed by atoms with Crippen LogP contribution >= 0.6 is 0 Å². The van der Waals surface area contributed by atoms with Crippen molar-refractivity contribution in [2.75, 3.05) is 0 Å². The molecule has 0 saturated heterocycles. The van der Waals surface area contributed by atoms with Crippen LogP contribution in [0.15, 0.2) is 0 Å². The fourth-order valence-electron chi connectivity index (χ4n) is 1.98. The van der Waals surface area contributed by atoms with Crippen molar-refractivity contribution >= 4 is 0 Å². The third kappa shape index (κ3) is 14.0. The van der Waals surface area contributed by atoms with Crippen LogP contribution < -0.4 is 0 Å². The molecule has 0 aromatic rings. The van der Waals surface area contributed by atoms with E-state index in [9.17, 15) is 0 Å². The molecule has 0 heterocycles. The lowest BCUT2D eigenvalue weighted by molar-refractivity contribution is 0.554. The predicted molar refractivity (Wildman–Crippen MR) is 71.1 cm³/mol. The molecule has 1 radical (unpaired) electrons. The van der Waals surface area contributed by atoms with Crippen molar-refractivity contribution in [2.45, 2.75) is 90.9 Å². The van der Waals surface area contributed by atoms with Gasteiger partial charge in [-0.15, -0.1) is 0 Å². The van der Waals surface area contributed by atoms with Crippen LogP contribution in [0.25, 0.3) is 0 Å². The molecule has 15 heavy (non-hydrogen) atoms. The molecule has 0 rings (SSSR count). The van der Waals surface area contributed by atoms with Crippen LogP contribution in [0.3, 0.4) is 0 Å². The number of hydrogen-bond acceptors (Lipinski definition) is 0. The minimum absolute atomic E-state index is 1.25. The summed E-state index contributed by atoms with van der Waals surface area (Å²) in [5, 5.41) is 0. The fourth-order valence-corrected chi connectivity index (χ4v) is 1.98. The molecule has 0 N–H and O–H groups in total. The zero-order valence-corrected chi connectivity index (χ0v) is 11.1. The van der Waals surface area contributed by atoms with Crippen LogP contribution in [-0.4, -0.2) is 0 Å². The number of unbranched alkanes of at least 4 members (excludes halogenated alkanes) is 12. The zero-order valence-electron chi connectivity index (χ0n) is 11.1. The molecule has 0 aromatic heterocycles. The monoisotopic (exact) mass is 211 g/mol. The predicted octanol–water partition coefficient (Wildman–Crippen LogP) is 5.91. The van der Waals surface area contributed by atoms with Gasteiger partial charge in [0.15, 0.2) is 0 Å². The molecular formula is C15H31. The molecule has 0 aliphatic rings. The Morgan fingerprint density at radius 3 is 1.53 bits per heavy atom. The van der Waals surface area contributed by atoms with E-state index in [0.717, 1.165) is 0 Å². The second-order valence-electron chi connectivity index (χ2n) is 4.67. The molecule has 0 aliphatic carbocycles. The average Bonchev–Trinajstić information content (AvgIpc) is 2.26. The normalized spacial score (nSPS) is 10.8. The van der Waals surface area contributed by atoms with Crippen LogP contribution in [0.1, 0.15) is 90.9 Å². The molecule has 0 saturated carbocycles. The molecular weight excluding hydrogens is 180 g/mol. The lowest BCUT2D eigenvalue weighted by Gasteiger charge is -2.01. The van der Waals surface area contributed by atoms with Crippen molar-refractivity contribution in [3.05, 3.63) is 6.42 Å². The van der Waals surface area contributed by atoms with E-state index in [2.05, 4.69) is 20.3 Å². The first-order valence-corrected chi connectivity index (χ1v) is 7.23. The standard InChI is InChI=1S/C15H31/c1-3-5-7-9-11-13-15-14-12-10-8-6-4-2/h5H,3-4,6-15H2,1-2H3. The summed E-state index contributed by atoms with van der Waals surface area (Å²) in [4.78, 5) is 0. The Labute approximate surface area is 97.8 Å². The van der Waals surface area contributed by atoms with Crippen molar-refractivity contribution in [2.24, 2.45) is 0 Å². The van der Waals surface area contributed by atoms with Crippen molar-refractivity contribution in [3.63, 3.8) is 0 Å². The van der Waals surface area contributed by atoms with Crippen LogP contribution in [0.2, 0.25) is 0 Å². The molecule has 0 aromatic carbocycles. The summed E-state index contributed by atoms with van der Waals surface area (Å²) in [5.74, 6) is 0. The molecule has 0 heteroatoms. The summed E-state index contributed by atoms with van der Waals surface area (Å²) in [6.07, 6.45) is 19.5. The van der Waals surface area contributed by atoms with Gasteiger partial charge in [0.2, 0.25) is 0 Å². The summed E-state index contributed by atoms with van der Waals surface area (Å²) in [6, 6.07) is 0. The Hall–Kier alpha value is 0. The smallest absolute Gasteiger partial charge is 0.0389 e. The van der Waals surface area contributed by atoms with Gasteiger partial charge in [-0.05, 0) is 6.42 Å². The zero-order chi connectivity index (χ0) is 11.2. The largest absolute Gasteiger partial charge is 0.0654 e. The highest BCUT2D eigenvalue weighted by Crippen LogP contribution is 2.11. The van der Waals surface area contributed by atoms with E-state index in [1.54, 1.807) is 0 Å². The molecule has 0 bridgehead atoms. The van der Waals surface area contributed by atoms with E-state index in [1.807, 2.05) is 0 Å². The van der Waals surface area contributed by atoms with Crippen LogP contribution in [-0.2, 0) is 0 Å². The Morgan fingerprint density at radius 1 is 0.600 bits per heavy atom. The van der Waals surface area contributed by atoms with Gasteiger partial charge in [-0.3, -0.25) is 0 Å². The molecule has 0 spiro atoms. The van der Waals surface area contributed by atoms with Gasteiger partial charge in [0.05, 0.1) is 0 Å².